The lowest BCUT2D eigenvalue weighted by Crippen LogP contribution is -2.13. The molecule has 1 heterocycles. The molecule has 0 N–H and O–H groups in total. The Bertz CT molecular complexity index is 609. The van der Waals surface area contributed by atoms with E-state index in [0.717, 1.165) is 11.3 Å². The molecule has 3 heteroatoms. The van der Waals surface area contributed by atoms with Crippen LogP contribution in [0.15, 0.2) is 42.6 Å². The first-order valence-electron chi connectivity index (χ1n) is 7.65. The van der Waals surface area contributed by atoms with Crippen LogP contribution in [0.1, 0.15) is 48.5 Å². The van der Waals surface area contributed by atoms with Crippen molar-refractivity contribution in [1.82, 2.24) is 4.57 Å². The molecule has 1 aliphatic rings. The van der Waals surface area contributed by atoms with Crippen LogP contribution in [0.5, 0.6) is 0 Å². The van der Waals surface area contributed by atoms with Crippen molar-refractivity contribution in [2.24, 2.45) is 0 Å². The third-order valence-corrected chi connectivity index (χ3v) is 4.31. The number of aromatic nitrogens is 1. The van der Waals surface area contributed by atoms with E-state index in [1.807, 2.05) is 30.5 Å². The summed E-state index contributed by atoms with van der Waals surface area (Å²) in [6.07, 6.45) is 8.20. The maximum atomic E-state index is 11.9. The van der Waals surface area contributed by atoms with E-state index in [1.54, 1.807) is 0 Å². The van der Waals surface area contributed by atoms with Crippen molar-refractivity contribution in [3.63, 3.8) is 0 Å². The number of benzene rings is 1. The smallest absolute Gasteiger partial charge is 0.339 e. The molecule has 0 amide bonds. The highest BCUT2D eigenvalue weighted by atomic mass is 16.5. The summed E-state index contributed by atoms with van der Waals surface area (Å²) in [5.41, 5.74) is 2.91. The lowest BCUT2D eigenvalue weighted by atomic mass is 9.95. The summed E-state index contributed by atoms with van der Waals surface area (Å²) in [5.74, 6) is -0.262. The third-order valence-electron chi connectivity index (χ3n) is 4.31. The van der Waals surface area contributed by atoms with E-state index in [1.165, 1.54) is 39.2 Å². The van der Waals surface area contributed by atoms with Gasteiger partial charge in [0.25, 0.3) is 0 Å². The number of hydrogen-bond acceptors (Lipinski definition) is 2. The SMILES string of the molecule is COC(=O)c1cc(-c2ccccc2)n(C2CCCCC2)c1. The number of esters is 1. The minimum absolute atomic E-state index is 0.262. The summed E-state index contributed by atoms with van der Waals surface area (Å²) < 4.78 is 7.15. The molecule has 0 unspecified atom stereocenters. The van der Waals surface area contributed by atoms with Gasteiger partial charge in [-0.3, -0.25) is 0 Å². The molecule has 1 aromatic carbocycles. The Kier molecular flexibility index (Phi) is 4.09. The lowest BCUT2D eigenvalue weighted by Gasteiger charge is -2.25. The molecule has 110 valence electrons. The maximum absolute atomic E-state index is 11.9. The van der Waals surface area contributed by atoms with E-state index in [2.05, 4.69) is 16.7 Å². The van der Waals surface area contributed by atoms with Crippen LogP contribution in [0, 0.1) is 0 Å². The Morgan fingerprint density at radius 1 is 1.14 bits per heavy atom. The Morgan fingerprint density at radius 3 is 2.52 bits per heavy atom. The van der Waals surface area contributed by atoms with Gasteiger partial charge in [-0.25, -0.2) is 4.79 Å². The van der Waals surface area contributed by atoms with Crippen molar-refractivity contribution in [2.75, 3.05) is 7.11 Å². The normalized spacial score (nSPS) is 15.9. The highest BCUT2D eigenvalue weighted by Crippen LogP contribution is 2.34. The van der Waals surface area contributed by atoms with Crippen molar-refractivity contribution in [3.8, 4) is 11.3 Å². The molecule has 0 radical (unpaired) electrons. The Morgan fingerprint density at radius 2 is 1.86 bits per heavy atom. The van der Waals surface area contributed by atoms with Gasteiger partial charge in [0.15, 0.2) is 0 Å². The number of nitrogens with zero attached hydrogens (tertiary/aromatic N) is 1. The molecule has 1 fully saturated rings. The van der Waals surface area contributed by atoms with Gasteiger partial charge in [0.1, 0.15) is 0 Å². The van der Waals surface area contributed by atoms with Crippen molar-refractivity contribution >= 4 is 5.97 Å². The Hall–Kier alpha value is -2.03. The summed E-state index contributed by atoms with van der Waals surface area (Å²) in [5, 5.41) is 0. The monoisotopic (exact) mass is 283 g/mol. The molecule has 0 aliphatic heterocycles. The second kappa shape index (κ2) is 6.17. The standard InChI is InChI=1S/C18H21NO2/c1-21-18(20)15-12-17(14-8-4-2-5-9-14)19(13-15)16-10-6-3-7-11-16/h2,4-5,8-9,12-13,16H,3,6-7,10-11H2,1H3. The summed E-state index contributed by atoms with van der Waals surface area (Å²) in [4.78, 5) is 11.9. The molecule has 3 rings (SSSR count). The molecule has 0 bridgehead atoms. The third kappa shape index (κ3) is 2.87. The topological polar surface area (TPSA) is 31.2 Å². The molecule has 2 aromatic rings. The van der Waals surface area contributed by atoms with E-state index < -0.39 is 0 Å². The quantitative estimate of drug-likeness (QED) is 0.779. The lowest BCUT2D eigenvalue weighted by molar-refractivity contribution is 0.0600. The summed E-state index contributed by atoms with van der Waals surface area (Å²) in [7, 11) is 1.43. The molecular weight excluding hydrogens is 262 g/mol. The van der Waals surface area contributed by atoms with Crippen LogP contribution >= 0.6 is 0 Å². The first-order valence-corrected chi connectivity index (χ1v) is 7.65. The van der Waals surface area contributed by atoms with E-state index in [9.17, 15) is 4.79 Å². The van der Waals surface area contributed by atoms with Gasteiger partial charge in [-0.1, -0.05) is 49.6 Å². The first-order chi connectivity index (χ1) is 10.3. The maximum Gasteiger partial charge on any atom is 0.339 e. The number of hydrogen-bond donors (Lipinski definition) is 0. The van der Waals surface area contributed by atoms with Gasteiger partial charge in [-0.2, -0.15) is 0 Å². The zero-order chi connectivity index (χ0) is 14.7. The van der Waals surface area contributed by atoms with E-state index in [-0.39, 0.29) is 5.97 Å². The van der Waals surface area contributed by atoms with Crippen LogP contribution in [0.4, 0.5) is 0 Å². The van der Waals surface area contributed by atoms with Crippen LogP contribution in [-0.2, 0) is 4.74 Å². The number of carbonyl (C=O) groups excluding carboxylic acids is 1. The van der Waals surface area contributed by atoms with Gasteiger partial charge in [0.05, 0.1) is 12.7 Å². The molecule has 1 aliphatic carbocycles. The molecule has 1 saturated carbocycles. The molecule has 0 spiro atoms. The molecule has 21 heavy (non-hydrogen) atoms. The molecule has 3 nitrogen and oxygen atoms in total. The predicted molar refractivity (Wildman–Crippen MR) is 83.3 cm³/mol. The first kappa shape index (κ1) is 13.9. The van der Waals surface area contributed by atoms with E-state index in [4.69, 9.17) is 4.74 Å². The highest BCUT2D eigenvalue weighted by Gasteiger charge is 2.21. The van der Waals surface area contributed by atoms with Crippen LogP contribution in [0.2, 0.25) is 0 Å². The van der Waals surface area contributed by atoms with Crippen molar-refractivity contribution in [2.45, 2.75) is 38.1 Å². The van der Waals surface area contributed by atoms with Gasteiger partial charge in [-0.15, -0.1) is 0 Å². The van der Waals surface area contributed by atoms with Crippen LogP contribution in [-0.4, -0.2) is 17.6 Å². The highest BCUT2D eigenvalue weighted by molar-refractivity contribution is 5.91. The van der Waals surface area contributed by atoms with Crippen molar-refractivity contribution in [3.05, 3.63) is 48.2 Å². The number of rotatable bonds is 3. The fourth-order valence-corrected chi connectivity index (χ4v) is 3.21. The Balaban J connectivity index is 2.03. The van der Waals surface area contributed by atoms with Gasteiger partial charge >= 0.3 is 5.97 Å². The van der Waals surface area contributed by atoms with Crippen molar-refractivity contribution < 1.29 is 9.53 Å². The zero-order valence-electron chi connectivity index (χ0n) is 12.4. The van der Waals surface area contributed by atoms with Crippen LogP contribution in [0.25, 0.3) is 11.3 Å². The Labute approximate surface area is 125 Å². The number of methoxy groups -OCH3 is 1. The molecule has 1 aromatic heterocycles. The minimum Gasteiger partial charge on any atom is -0.465 e. The van der Waals surface area contributed by atoms with E-state index >= 15 is 0 Å². The molecular formula is C18H21NO2. The fraction of sp³-hybridized carbons (Fsp3) is 0.389. The fourth-order valence-electron chi connectivity index (χ4n) is 3.21. The van der Waals surface area contributed by atoms with Crippen LogP contribution < -0.4 is 0 Å². The zero-order valence-corrected chi connectivity index (χ0v) is 12.4. The van der Waals surface area contributed by atoms with Gasteiger partial charge in [-0.05, 0) is 24.5 Å². The largest absolute Gasteiger partial charge is 0.465 e. The minimum atomic E-state index is -0.262. The predicted octanol–water partition coefficient (Wildman–Crippen LogP) is 4.45. The summed E-state index contributed by atoms with van der Waals surface area (Å²) >= 11 is 0. The van der Waals surface area contributed by atoms with Gasteiger partial charge in [0, 0.05) is 17.9 Å². The van der Waals surface area contributed by atoms with Crippen molar-refractivity contribution in [1.29, 1.82) is 0 Å². The summed E-state index contributed by atoms with van der Waals surface area (Å²) in [6, 6.07) is 12.7. The van der Waals surface area contributed by atoms with Crippen LogP contribution in [0.3, 0.4) is 0 Å². The second-order valence-electron chi connectivity index (χ2n) is 5.67. The number of carbonyl (C=O) groups is 1. The molecule has 0 saturated heterocycles. The summed E-state index contributed by atoms with van der Waals surface area (Å²) in [6.45, 7) is 0. The number of ether oxygens (including phenoxy) is 1. The molecule has 0 atom stereocenters. The average Bonchev–Trinajstić information content (AvgIpc) is 3.01. The van der Waals surface area contributed by atoms with Gasteiger partial charge in [0.2, 0.25) is 0 Å². The van der Waals surface area contributed by atoms with E-state index in [0.29, 0.717) is 11.6 Å². The van der Waals surface area contributed by atoms with Gasteiger partial charge < -0.3 is 9.30 Å². The average molecular weight is 283 g/mol. The second-order valence-corrected chi connectivity index (χ2v) is 5.67.